The molecular formula is C67H73FN8O14. The number of carbonyl (C=O) groups excluding carboxylic acids is 4. The molecule has 0 fully saturated rings. The van der Waals surface area contributed by atoms with Crippen molar-refractivity contribution in [2.75, 3.05) is 11.9 Å². The van der Waals surface area contributed by atoms with E-state index in [9.17, 15) is 58.1 Å². The van der Waals surface area contributed by atoms with Gasteiger partial charge in [0, 0.05) is 52.7 Å². The van der Waals surface area contributed by atoms with Crippen LogP contribution in [0.5, 0.6) is 0 Å². The maximum atomic E-state index is 14.9. The second kappa shape index (κ2) is 27.8. The van der Waals surface area contributed by atoms with Gasteiger partial charge in [-0.25, -0.2) is 23.9 Å². The van der Waals surface area contributed by atoms with Crippen molar-refractivity contribution in [2.24, 2.45) is 22.1 Å². The van der Waals surface area contributed by atoms with Crippen LogP contribution in [-0.4, -0.2) is 99.0 Å². The van der Waals surface area contributed by atoms with Crippen molar-refractivity contribution in [1.29, 1.82) is 0 Å². The summed E-state index contributed by atoms with van der Waals surface area (Å²) in [6, 6.07) is 8.92. The van der Waals surface area contributed by atoms with Crippen LogP contribution in [0.25, 0.3) is 22.3 Å². The molecule has 0 bridgehead atoms. The number of pyridine rings is 2. The first-order chi connectivity index (χ1) is 42.6. The third-order valence-electron chi connectivity index (χ3n) is 16.8. The summed E-state index contributed by atoms with van der Waals surface area (Å²) >= 11 is 0. The number of ketones is 1. The fraction of sp³-hybridized carbons (Fsp3) is 0.373. The van der Waals surface area contributed by atoms with Gasteiger partial charge in [0.2, 0.25) is 5.91 Å². The van der Waals surface area contributed by atoms with Gasteiger partial charge in [0.05, 0.1) is 71.5 Å². The molecule has 0 unspecified atom stereocenters. The highest BCUT2D eigenvalue weighted by atomic mass is 19.1. The van der Waals surface area contributed by atoms with Gasteiger partial charge in [0.25, 0.3) is 11.5 Å². The Labute approximate surface area is 517 Å². The number of esters is 1. The maximum absolute atomic E-state index is 14.9. The summed E-state index contributed by atoms with van der Waals surface area (Å²) in [6.07, 6.45) is 17.2. The number of anilines is 1. The van der Waals surface area contributed by atoms with E-state index < -0.39 is 71.2 Å². The van der Waals surface area contributed by atoms with Gasteiger partial charge in [-0.05, 0) is 136 Å². The van der Waals surface area contributed by atoms with E-state index >= 15 is 0 Å². The van der Waals surface area contributed by atoms with E-state index in [1.807, 2.05) is 12.2 Å². The van der Waals surface area contributed by atoms with Gasteiger partial charge in [0.15, 0.2) is 17.1 Å². The molecule has 472 valence electrons. The lowest BCUT2D eigenvalue weighted by Gasteiger charge is -2.32. The van der Waals surface area contributed by atoms with Crippen LogP contribution in [0, 0.1) is 24.1 Å². The number of Topliss-reactive ketones (excluding diaryl/α,β-unsaturated/α-hetero) is 1. The highest BCUT2D eigenvalue weighted by Gasteiger charge is 2.46. The first-order valence-electron chi connectivity index (χ1n) is 29.5. The summed E-state index contributed by atoms with van der Waals surface area (Å²) in [5.41, 5.74) is 15.0. The SMILES string of the molecule is CC1=C(/C=C/C(C)=C/C=C/C(C)=C/C(=O)O)C(C)(C)CCC1.CC[C@@]1(O)C(=O)OCc2c1cc1n(c2=O)Cc2c-1nc1cc(F)c(C)c3c1c2[C@@H](NC(=O)CO)CC3.NC1=NC(=O)c2nc(CNc3ccc(C(=O)C[C@@H](CCC(=O)O)C(=O)O)cc3)cnc2C1. The van der Waals surface area contributed by atoms with E-state index in [-0.39, 0.29) is 85.7 Å². The van der Waals surface area contributed by atoms with Crippen LogP contribution in [0.1, 0.15) is 165 Å². The summed E-state index contributed by atoms with van der Waals surface area (Å²) in [7, 11) is 0. The van der Waals surface area contributed by atoms with Gasteiger partial charge >= 0.3 is 23.9 Å². The number of aryl methyl sites for hydroxylation is 1. The second-order valence-electron chi connectivity index (χ2n) is 23.7. The monoisotopic (exact) mass is 1230 g/mol. The number of carboxylic acid groups (broad SMARTS) is 3. The Hall–Kier alpha value is -9.61. The molecule has 9 N–H and O–H groups in total. The van der Waals surface area contributed by atoms with Crippen LogP contribution < -0.4 is 21.9 Å². The molecule has 3 atom stereocenters. The zero-order valence-corrected chi connectivity index (χ0v) is 51.2. The number of carboxylic acids is 3. The van der Waals surface area contributed by atoms with Gasteiger partial charge in [-0.3, -0.25) is 33.8 Å². The van der Waals surface area contributed by atoms with Gasteiger partial charge in [-0.15, -0.1) is 0 Å². The van der Waals surface area contributed by atoms with Gasteiger partial charge in [-0.2, -0.15) is 4.99 Å². The van der Waals surface area contributed by atoms with Crippen LogP contribution in [0.15, 0.2) is 111 Å². The number of aliphatic imine (C=N–C) groups is 1. The lowest BCUT2D eigenvalue weighted by atomic mass is 9.72. The minimum absolute atomic E-state index is 0.0219. The number of amides is 2. The summed E-state index contributed by atoms with van der Waals surface area (Å²) in [4.78, 5) is 112. The topological polar surface area (TPSA) is 353 Å². The van der Waals surface area contributed by atoms with Gasteiger partial charge < -0.3 is 51.2 Å². The minimum atomic E-state index is -1.95. The van der Waals surface area contributed by atoms with Crippen LogP contribution in [0.3, 0.4) is 0 Å². The largest absolute Gasteiger partial charge is 0.481 e. The number of fused-ring (bicyclic) bond motifs is 6. The lowest BCUT2D eigenvalue weighted by molar-refractivity contribution is -0.172. The molecule has 3 aromatic heterocycles. The molecule has 22 nitrogen and oxygen atoms in total. The Bertz CT molecular complexity index is 4030. The Morgan fingerprint density at radius 2 is 1.69 bits per heavy atom. The average molecular weight is 1230 g/mol. The van der Waals surface area contributed by atoms with Crippen molar-refractivity contribution in [3.8, 4) is 11.4 Å². The number of ether oxygens (including phenoxy) is 1. The summed E-state index contributed by atoms with van der Waals surface area (Å²) < 4.78 is 21.5. The maximum Gasteiger partial charge on any atom is 0.343 e. The highest BCUT2D eigenvalue weighted by Crippen LogP contribution is 2.46. The van der Waals surface area contributed by atoms with E-state index in [4.69, 9.17) is 25.7 Å². The van der Waals surface area contributed by atoms with Gasteiger partial charge in [-0.1, -0.05) is 62.3 Å². The highest BCUT2D eigenvalue weighted by molar-refractivity contribution is 6.06. The minimum Gasteiger partial charge on any atom is -0.481 e. The van der Waals surface area contributed by atoms with Crippen molar-refractivity contribution in [1.82, 2.24) is 24.8 Å². The number of hydrogen-bond acceptors (Lipinski definition) is 16. The first-order valence-corrected chi connectivity index (χ1v) is 29.5. The summed E-state index contributed by atoms with van der Waals surface area (Å²) in [5, 5.41) is 53.7. The molecule has 0 radical (unpaired) electrons. The summed E-state index contributed by atoms with van der Waals surface area (Å²) in [5.74, 6) is -6.71. The molecular weight excluding hydrogens is 1160 g/mol. The van der Waals surface area contributed by atoms with Crippen molar-refractivity contribution in [3.05, 3.63) is 174 Å². The number of halogens is 1. The van der Waals surface area contributed by atoms with Crippen LogP contribution >= 0.6 is 0 Å². The predicted molar refractivity (Wildman–Crippen MR) is 332 cm³/mol. The van der Waals surface area contributed by atoms with Crippen molar-refractivity contribution >= 4 is 63.9 Å². The molecule has 2 amide bonds. The third-order valence-corrected chi connectivity index (χ3v) is 16.8. The quantitative estimate of drug-likeness (QED) is 0.0173. The molecule has 0 saturated heterocycles. The summed E-state index contributed by atoms with van der Waals surface area (Å²) in [6.45, 7) is 13.6. The van der Waals surface area contributed by atoms with E-state index in [2.05, 4.69) is 65.4 Å². The van der Waals surface area contributed by atoms with Crippen molar-refractivity contribution < 1.29 is 68.2 Å². The number of aliphatic hydroxyl groups is 2. The molecule has 0 spiro atoms. The zero-order chi connectivity index (χ0) is 65.5. The van der Waals surface area contributed by atoms with E-state index in [0.717, 1.165) is 27.7 Å². The second-order valence-corrected chi connectivity index (χ2v) is 23.7. The lowest BCUT2D eigenvalue weighted by Crippen LogP contribution is -2.44. The standard InChI is InChI=1S/C26H24FN3O6.C21H21N5O6.C20H28O2/c1-3-26(35)15-6-19-23-13(8-30(19)24(33)14(15)10-36-25(26)34)22-17(28-20(32)9-31)5-4-12-11(2)16(27)7-18(29-23)21(12)22;22-17-8-15-19(20(30)26-17)25-14(10-24-15)9-23-13-4-1-11(2-5-13)16(27)7-12(21(31)32)3-6-18(28)29;1-15(8-6-9-16(2)14-19(21)22)11-12-18-17(3)10-7-13-20(18,4)5/h6-7,17,31,35H,3-5,8-10H2,1-2H3,(H,28,32);1-2,4-5,10,12,23H,3,6-9H2,(H,28,29)(H,31,32)(H2,22,26,30);6,8-9,11-12,14H,7,10,13H2,1-5H3,(H,21,22)/b;;9-6+,12-11+,15-8+,16-14+/t17-,26-;12-;/m01./s1. The number of aliphatic hydroxyl groups excluding tert-OH is 1. The zero-order valence-electron chi connectivity index (χ0n) is 51.2. The Morgan fingerprint density at radius 1 is 0.956 bits per heavy atom. The molecule has 10 rings (SSSR count). The van der Waals surface area contributed by atoms with Crippen LogP contribution in [0.2, 0.25) is 0 Å². The number of hydrogen-bond donors (Lipinski definition) is 8. The number of nitrogens with two attached hydrogens (primary N) is 1. The van der Waals surface area contributed by atoms with Crippen molar-refractivity contribution in [3.63, 3.8) is 0 Å². The number of aromatic nitrogens is 4. The number of nitrogens with one attached hydrogen (secondary N) is 2. The molecule has 0 saturated carbocycles. The van der Waals surface area contributed by atoms with E-state index in [1.165, 1.54) is 47.1 Å². The number of allylic oxidation sites excluding steroid dienone is 9. The molecule has 5 aliphatic rings. The molecule has 90 heavy (non-hydrogen) atoms. The van der Waals surface area contributed by atoms with Crippen LogP contribution in [-0.2, 0) is 66.8 Å². The fourth-order valence-electron chi connectivity index (χ4n) is 12.0. The Balaban J connectivity index is 0.000000180. The number of cyclic esters (lactones) is 1. The smallest absolute Gasteiger partial charge is 0.343 e. The number of amidine groups is 1. The number of benzene rings is 2. The molecule has 2 aromatic carbocycles. The molecule has 23 heteroatoms. The predicted octanol–water partition coefficient (Wildman–Crippen LogP) is 8.51. The average Bonchev–Trinajstić information content (AvgIpc) is 1.48. The number of carbonyl (C=O) groups is 7. The first kappa shape index (κ1) is 66.3. The van der Waals surface area contributed by atoms with E-state index in [1.54, 1.807) is 63.4 Å². The van der Waals surface area contributed by atoms with Crippen molar-refractivity contribution in [2.45, 2.75) is 144 Å². The van der Waals surface area contributed by atoms with E-state index in [0.29, 0.717) is 63.5 Å². The number of rotatable bonds is 18. The van der Waals surface area contributed by atoms with Gasteiger partial charge in [0.1, 0.15) is 24.9 Å². The molecule has 6 heterocycles. The molecule has 5 aromatic rings. The van der Waals surface area contributed by atoms with Crippen LogP contribution in [0.4, 0.5) is 10.1 Å². The number of aliphatic carboxylic acids is 3. The Kier molecular flexibility index (Phi) is 20.5. The fourth-order valence-corrected chi connectivity index (χ4v) is 12.0. The Morgan fingerprint density at radius 3 is 2.36 bits per heavy atom. The third kappa shape index (κ3) is 14.8. The molecule has 2 aliphatic carbocycles. The molecule has 3 aliphatic heterocycles. The normalized spacial score (nSPS) is 18.4. The number of nitrogens with zero attached hydrogens (tertiary/aromatic N) is 5.